The van der Waals surface area contributed by atoms with Crippen LogP contribution in [0.25, 0.3) is 0 Å². The molecule has 1 aliphatic rings. The van der Waals surface area contributed by atoms with Gasteiger partial charge in [-0.05, 0) is 6.07 Å². The van der Waals surface area contributed by atoms with Crippen molar-refractivity contribution in [1.82, 2.24) is 0 Å². The van der Waals surface area contributed by atoms with Gasteiger partial charge in [-0.1, -0.05) is 0 Å². The second-order valence-electron chi connectivity index (χ2n) is 3.13. The molecule has 84 valence electrons. The Morgan fingerprint density at radius 1 is 1.38 bits per heavy atom. The highest BCUT2D eigenvalue weighted by Crippen LogP contribution is 2.30. The molecule has 0 aromatic heterocycles. The third kappa shape index (κ3) is 1.53. The number of anilines is 2. The Balaban J connectivity index is 2.47. The summed E-state index contributed by atoms with van der Waals surface area (Å²) in [7, 11) is 0. The minimum Gasteiger partial charge on any atom is -0.316 e. The Kier molecular flexibility index (Phi) is 2.18. The molecule has 2 N–H and O–H groups in total. The van der Waals surface area contributed by atoms with E-state index < -0.39 is 28.6 Å². The molecule has 6 nitrogen and oxygen atoms in total. The largest absolute Gasteiger partial charge is 0.363 e. The smallest absolute Gasteiger partial charge is 0.316 e. The van der Waals surface area contributed by atoms with Crippen molar-refractivity contribution >= 4 is 17.3 Å². The van der Waals surface area contributed by atoms with Crippen molar-refractivity contribution in [2.24, 2.45) is 0 Å². The normalized spacial score (nSPS) is 18.4. The predicted molar refractivity (Wildman–Crippen MR) is 49.4 cm³/mol. The Morgan fingerprint density at radius 2 is 2.06 bits per heavy atom. The molecule has 1 atom stereocenters. The van der Waals surface area contributed by atoms with Crippen LogP contribution >= 0.6 is 0 Å². The van der Waals surface area contributed by atoms with E-state index in [0.29, 0.717) is 6.07 Å². The van der Waals surface area contributed by atoms with Crippen LogP contribution in [0.3, 0.4) is 0 Å². The van der Waals surface area contributed by atoms with Crippen molar-refractivity contribution in [3.63, 3.8) is 0 Å². The fourth-order valence-electron chi connectivity index (χ4n) is 1.37. The van der Waals surface area contributed by atoms with Gasteiger partial charge in [0.2, 0.25) is 0 Å². The molecule has 1 unspecified atom stereocenters. The molecule has 0 bridgehead atoms. The first-order valence-electron chi connectivity index (χ1n) is 4.19. The van der Waals surface area contributed by atoms with Crippen molar-refractivity contribution in [2.75, 3.05) is 10.6 Å². The number of amides is 1. The van der Waals surface area contributed by atoms with Gasteiger partial charge in [0.15, 0.2) is 5.82 Å². The monoisotopic (exact) mass is 229 g/mol. The standard InChI is InChI=1S/C8H5F2N3O3/c9-3-1-4(10)6-5(2-3)11-8(14)7(12-6)13(15)16/h1-2,7,12H,(H,11,14). The highest BCUT2D eigenvalue weighted by atomic mass is 19.1. The molecule has 1 aliphatic heterocycles. The molecular formula is C8H5F2N3O3. The Labute approximate surface area is 87.4 Å². The van der Waals surface area contributed by atoms with Crippen molar-refractivity contribution in [3.8, 4) is 0 Å². The van der Waals surface area contributed by atoms with E-state index in [9.17, 15) is 23.7 Å². The van der Waals surface area contributed by atoms with Crippen LogP contribution in [0.15, 0.2) is 12.1 Å². The average molecular weight is 229 g/mol. The number of fused-ring (bicyclic) bond motifs is 1. The topological polar surface area (TPSA) is 84.3 Å². The lowest BCUT2D eigenvalue weighted by molar-refractivity contribution is -0.500. The maximum absolute atomic E-state index is 13.2. The van der Waals surface area contributed by atoms with Gasteiger partial charge in [-0.3, -0.25) is 14.9 Å². The molecule has 0 saturated heterocycles. The summed E-state index contributed by atoms with van der Waals surface area (Å²) in [5, 5.41) is 14.6. The summed E-state index contributed by atoms with van der Waals surface area (Å²) in [6.07, 6.45) is -1.77. The van der Waals surface area contributed by atoms with Crippen molar-refractivity contribution < 1.29 is 18.5 Å². The molecule has 1 amide bonds. The number of nitrogens with zero attached hydrogens (tertiary/aromatic N) is 1. The third-order valence-electron chi connectivity index (χ3n) is 2.05. The van der Waals surface area contributed by atoms with Gasteiger partial charge in [0, 0.05) is 6.07 Å². The number of benzene rings is 1. The average Bonchev–Trinajstić information content (AvgIpc) is 2.15. The lowest BCUT2D eigenvalue weighted by Crippen LogP contribution is -2.44. The van der Waals surface area contributed by atoms with Crippen LogP contribution in [0.2, 0.25) is 0 Å². The predicted octanol–water partition coefficient (Wildman–Crippen LogP) is 0.932. The number of carbonyl (C=O) groups is 1. The molecule has 2 rings (SSSR count). The summed E-state index contributed by atoms with van der Waals surface area (Å²) in [5.74, 6) is -2.85. The minimum absolute atomic E-state index is 0.152. The zero-order valence-electron chi connectivity index (χ0n) is 7.66. The van der Waals surface area contributed by atoms with Crippen molar-refractivity contribution in [1.29, 1.82) is 0 Å². The number of rotatable bonds is 1. The number of hydrogen-bond acceptors (Lipinski definition) is 4. The molecule has 0 radical (unpaired) electrons. The SMILES string of the molecule is O=C1Nc2cc(F)cc(F)c2NC1[N+](=O)[O-]. The lowest BCUT2D eigenvalue weighted by Gasteiger charge is -2.21. The summed E-state index contributed by atoms with van der Waals surface area (Å²) < 4.78 is 26.0. The van der Waals surface area contributed by atoms with Gasteiger partial charge in [0.25, 0.3) is 0 Å². The Bertz CT molecular complexity index is 492. The Morgan fingerprint density at radius 3 is 2.69 bits per heavy atom. The van der Waals surface area contributed by atoms with Crippen LogP contribution in [-0.4, -0.2) is 17.0 Å². The summed E-state index contributed by atoms with van der Waals surface area (Å²) in [5.41, 5.74) is -0.441. The highest BCUT2D eigenvalue weighted by molar-refractivity contribution is 6.01. The number of nitro groups is 1. The van der Waals surface area contributed by atoms with Crippen LogP contribution in [0.4, 0.5) is 20.2 Å². The summed E-state index contributed by atoms with van der Waals surface area (Å²) in [4.78, 5) is 20.7. The first-order valence-corrected chi connectivity index (χ1v) is 4.19. The van der Waals surface area contributed by atoms with E-state index in [-0.39, 0.29) is 11.4 Å². The number of halogens is 2. The zero-order chi connectivity index (χ0) is 11.9. The zero-order valence-corrected chi connectivity index (χ0v) is 7.66. The lowest BCUT2D eigenvalue weighted by atomic mass is 10.2. The maximum Gasteiger partial charge on any atom is 0.363 e. The molecule has 1 aromatic carbocycles. The fraction of sp³-hybridized carbons (Fsp3) is 0.125. The Hall–Kier alpha value is -2.25. The van der Waals surface area contributed by atoms with Gasteiger partial charge < -0.3 is 10.6 Å². The molecule has 1 aromatic rings. The van der Waals surface area contributed by atoms with E-state index in [0.717, 1.165) is 6.07 Å². The molecule has 0 fully saturated rings. The van der Waals surface area contributed by atoms with Gasteiger partial charge in [0.05, 0.1) is 10.6 Å². The second-order valence-corrected chi connectivity index (χ2v) is 3.13. The van der Waals surface area contributed by atoms with Crippen LogP contribution < -0.4 is 10.6 Å². The molecule has 0 spiro atoms. The third-order valence-corrected chi connectivity index (χ3v) is 2.05. The van der Waals surface area contributed by atoms with Crippen LogP contribution in [0.5, 0.6) is 0 Å². The first-order chi connectivity index (χ1) is 7.49. The number of hydrogen-bond donors (Lipinski definition) is 2. The van der Waals surface area contributed by atoms with Crippen LogP contribution in [-0.2, 0) is 4.79 Å². The van der Waals surface area contributed by atoms with Crippen LogP contribution in [0, 0.1) is 21.7 Å². The van der Waals surface area contributed by atoms with E-state index in [1.54, 1.807) is 0 Å². The molecule has 16 heavy (non-hydrogen) atoms. The molecule has 0 saturated carbocycles. The molecule has 8 heteroatoms. The van der Waals surface area contributed by atoms with Gasteiger partial charge in [-0.15, -0.1) is 0 Å². The fourth-order valence-corrected chi connectivity index (χ4v) is 1.37. The van der Waals surface area contributed by atoms with Crippen LogP contribution in [0.1, 0.15) is 0 Å². The summed E-state index contributed by atoms with van der Waals surface area (Å²) >= 11 is 0. The van der Waals surface area contributed by atoms with Gasteiger partial charge in [-0.25, -0.2) is 8.78 Å². The highest BCUT2D eigenvalue weighted by Gasteiger charge is 2.36. The van der Waals surface area contributed by atoms with E-state index in [2.05, 4.69) is 5.32 Å². The van der Waals surface area contributed by atoms with E-state index in [1.165, 1.54) is 0 Å². The second kappa shape index (κ2) is 3.40. The summed E-state index contributed by atoms with van der Waals surface area (Å²) in [6, 6.07) is 1.44. The minimum atomic E-state index is -1.77. The maximum atomic E-state index is 13.2. The van der Waals surface area contributed by atoms with Gasteiger partial charge in [-0.2, -0.15) is 0 Å². The van der Waals surface area contributed by atoms with E-state index in [1.807, 2.05) is 5.32 Å². The van der Waals surface area contributed by atoms with E-state index in [4.69, 9.17) is 0 Å². The van der Waals surface area contributed by atoms with Crippen molar-refractivity contribution in [3.05, 3.63) is 33.9 Å². The van der Waals surface area contributed by atoms with Crippen molar-refractivity contribution in [2.45, 2.75) is 6.17 Å². The number of nitrogens with one attached hydrogen (secondary N) is 2. The van der Waals surface area contributed by atoms with Gasteiger partial charge in [0.1, 0.15) is 11.5 Å². The first kappa shape index (κ1) is 10.3. The van der Waals surface area contributed by atoms with Gasteiger partial charge >= 0.3 is 12.1 Å². The number of carbonyl (C=O) groups excluding carboxylic acids is 1. The summed E-state index contributed by atoms with van der Waals surface area (Å²) in [6.45, 7) is 0. The molecular weight excluding hydrogens is 224 g/mol. The van der Waals surface area contributed by atoms with E-state index >= 15 is 0 Å². The quantitative estimate of drug-likeness (QED) is 0.554. The molecule has 0 aliphatic carbocycles. The molecule has 1 heterocycles.